The van der Waals surface area contributed by atoms with Gasteiger partial charge in [-0.2, -0.15) is 18.4 Å². The van der Waals surface area contributed by atoms with E-state index >= 15 is 0 Å². The zero-order valence-corrected chi connectivity index (χ0v) is 10.8. The van der Waals surface area contributed by atoms with Crippen LogP contribution in [0.4, 0.5) is 13.2 Å². The summed E-state index contributed by atoms with van der Waals surface area (Å²) >= 11 is 0. The summed E-state index contributed by atoms with van der Waals surface area (Å²) in [5, 5.41) is 12.3. The molecule has 7 heteroatoms. The first kappa shape index (κ1) is 14.6. The molecule has 1 N–H and O–H groups in total. The normalized spacial score (nSPS) is 24.1. The molecule has 0 aromatic heterocycles. The molecule has 0 amide bonds. The summed E-state index contributed by atoms with van der Waals surface area (Å²) in [6.45, 7) is 1.80. The Hall–Kier alpha value is -0.840. The van der Waals surface area contributed by atoms with E-state index in [4.69, 9.17) is 5.26 Å². The highest BCUT2D eigenvalue weighted by molar-refractivity contribution is 4.97. The average Bonchev–Trinajstić information content (AvgIpc) is 3.13. The molecule has 1 saturated heterocycles. The highest BCUT2D eigenvalue weighted by Gasteiger charge is 2.32. The van der Waals surface area contributed by atoms with E-state index in [2.05, 4.69) is 16.3 Å². The van der Waals surface area contributed by atoms with Gasteiger partial charge in [0.05, 0.1) is 12.6 Å². The summed E-state index contributed by atoms with van der Waals surface area (Å²) < 4.78 is 36.7. The third-order valence-corrected chi connectivity index (χ3v) is 3.48. The number of nitrogens with one attached hydrogen (secondary N) is 1. The topological polar surface area (TPSA) is 42.3 Å². The number of alkyl halides is 3. The number of nitrogens with zero attached hydrogens (tertiary/aromatic N) is 3. The molecule has 108 valence electrons. The van der Waals surface area contributed by atoms with Gasteiger partial charge in [-0.05, 0) is 12.8 Å². The predicted molar refractivity (Wildman–Crippen MR) is 64.5 cm³/mol. The van der Waals surface area contributed by atoms with E-state index < -0.39 is 12.7 Å². The number of piperazine rings is 1. The number of nitriles is 1. The van der Waals surface area contributed by atoms with Gasteiger partial charge in [0.1, 0.15) is 6.04 Å². The minimum atomic E-state index is -4.12. The van der Waals surface area contributed by atoms with Crippen molar-refractivity contribution in [2.24, 2.45) is 0 Å². The van der Waals surface area contributed by atoms with Crippen LogP contribution in [0.2, 0.25) is 0 Å². The minimum absolute atomic E-state index is 0.207. The van der Waals surface area contributed by atoms with Crippen LogP contribution in [0.15, 0.2) is 0 Å². The molecule has 0 aromatic carbocycles. The molecule has 0 bridgehead atoms. The van der Waals surface area contributed by atoms with E-state index in [1.807, 2.05) is 0 Å². The lowest BCUT2D eigenvalue weighted by molar-refractivity contribution is -0.149. The van der Waals surface area contributed by atoms with Crippen molar-refractivity contribution in [3.05, 3.63) is 0 Å². The van der Waals surface area contributed by atoms with Crippen LogP contribution in [0.5, 0.6) is 0 Å². The van der Waals surface area contributed by atoms with Crippen molar-refractivity contribution in [3.8, 4) is 6.07 Å². The number of halogens is 3. The highest BCUT2D eigenvalue weighted by Crippen LogP contribution is 2.20. The smallest absolute Gasteiger partial charge is 0.298 e. The molecular weight excluding hydrogens is 257 g/mol. The van der Waals surface area contributed by atoms with Crippen molar-refractivity contribution in [1.82, 2.24) is 15.1 Å². The Balaban J connectivity index is 1.69. The van der Waals surface area contributed by atoms with Crippen molar-refractivity contribution in [1.29, 1.82) is 5.26 Å². The van der Waals surface area contributed by atoms with E-state index in [-0.39, 0.29) is 6.04 Å². The first-order valence-corrected chi connectivity index (χ1v) is 6.63. The van der Waals surface area contributed by atoms with Gasteiger partial charge < -0.3 is 0 Å². The molecule has 1 aliphatic heterocycles. The number of hydrogen-bond donors (Lipinski definition) is 1. The fraction of sp³-hybridized carbons (Fsp3) is 0.917. The first-order chi connectivity index (χ1) is 8.96. The summed E-state index contributed by atoms with van der Waals surface area (Å²) in [6, 6.07) is 2.49. The van der Waals surface area contributed by atoms with Crippen molar-refractivity contribution in [2.75, 3.05) is 39.3 Å². The van der Waals surface area contributed by atoms with Crippen LogP contribution < -0.4 is 5.32 Å². The molecule has 4 nitrogen and oxygen atoms in total. The number of rotatable bonds is 5. The van der Waals surface area contributed by atoms with E-state index in [0.29, 0.717) is 38.8 Å². The molecule has 1 unspecified atom stereocenters. The Bertz CT molecular complexity index is 327. The number of hydrogen-bond acceptors (Lipinski definition) is 4. The third-order valence-electron chi connectivity index (χ3n) is 3.48. The molecule has 19 heavy (non-hydrogen) atoms. The van der Waals surface area contributed by atoms with Crippen LogP contribution in [0, 0.1) is 11.3 Å². The van der Waals surface area contributed by atoms with Crippen LogP contribution >= 0.6 is 0 Å². The van der Waals surface area contributed by atoms with Crippen LogP contribution in [0.25, 0.3) is 0 Å². The van der Waals surface area contributed by atoms with Gasteiger partial charge in [0, 0.05) is 38.8 Å². The van der Waals surface area contributed by atoms with Gasteiger partial charge in [-0.3, -0.25) is 15.1 Å². The Labute approximate surface area is 111 Å². The molecular formula is C12H19F3N4. The lowest BCUT2D eigenvalue weighted by Gasteiger charge is -2.35. The van der Waals surface area contributed by atoms with Gasteiger partial charge in [-0.25, -0.2) is 0 Å². The predicted octanol–water partition coefficient (Wildman–Crippen LogP) is 0.810. The SMILES string of the molecule is N#CC(CN1CCN(CC(F)(F)F)CC1)NC1CC1. The molecule has 1 heterocycles. The average molecular weight is 276 g/mol. The maximum atomic E-state index is 12.2. The van der Waals surface area contributed by atoms with Gasteiger partial charge in [-0.1, -0.05) is 0 Å². The van der Waals surface area contributed by atoms with Gasteiger partial charge in [0.25, 0.3) is 0 Å². The zero-order chi connectivity index (χ0) is 13.9. The summed E-state index contributed by atoms with van der Waals surface area (Å²) in [6.07, 6.45) is -1.88. The fourth-order valence-electron chi connectivity index (χ4n) is 2.31. The summed E-state index contributed by atoms with van der Waals surface area (Å²) in [5.74, 6) is 0. The Kier molecular flexibility index (Phi) is 4.66. The van der Waals surface area contributed by atoms with E-state index in [9.17, 15) is 13.2 Å². The highest BCUT2D eigenvalue weighted by atomic mass is 19.4. The molecule has 1 aliphatic carbocycles. The van der Waals surface area contributed by atoms with Crippen molar-refractivity contribution in [2.45, 2.75) is 31.1 Å². The van der Waals surface area contributed by atoms with Crippen LogP contribution in [-0.2, 0) is 0 Å². The molecule has 0 radical (unpaired) electrons. The Morgan fingerprint density at radius 2 is 1.74 bits per heavy atom. The van der Waals surface area contributed by atoms with Crippen molar-refractivity contribution in [3.63, 3.8) is 0 Å². The fourth-order valence-corrected chi connectivity index (χ4v) is 2.31. The van der Waals surface area contributed by atoms with E-state index in [1.165, 1.54) is 4.90 Å². The lowest BCUT2D eigenvalue weighted by atomic mass is 10.2. The van der Waals surface area contributed by atoms with E-state index in [0.717, 1.165) is 12.8 Å². The second-order valence-electron chi connectivity index (χ2n) is 5.31. The quantitative estimate of drug-likeness (QED) is 0.807. The molecule has 2 aliphatic rings. The van der Waals surface area contributed by atoms with Crippen LogP contribution in [0.3, 0.4) is 0 Å². The summed E-state index contributed by atoms with van der Waals surface area (Å²) in [4.78, 5) is 3.49. The lowest BCUT2D eigenvalue weighted by Crippen LogP contribution is -2.52. The van der Waals surface area contributed by atoms with Gasteiger partial charge in [-0.15, -0.1) is 0 Å². The molecule has 0 spiro atoms. The molecule has 1 atom stereocenters. The summed E-state index contributed by atoms with van der Waals surface area (Å²) in [5.41, 5.74) is 0. The van der Waals surface area contributed by atoms with Gasteiger partial charge in [0.2, 0.25) is 0 Å². The van der Waals surface area contributed by atoms with Crippen LogP contribution in [-0.4, -0.2) is 67.3 Å². The zero-order valence-electron chi connectivity index (χ0n) is 10.8. The van der Waals surface area contributed by atoms with E-state index in [1.54, 1.807) is 0 Å². The van der Waals surface area contributed by atoms with Crippen LogP contribution in [0.1, 0.15) is 12.8 Å². The molecule has 1 saturated carbocycles. The van der Waals surface area contributed by atoms with Gasteiger partial charge >= 0.3 is 6.18 Å². The molecule has 2 rings (SSSR count). The molecule has 2 fully saturated rings. The molecule has 0 aromatic rings. The second kappa shape index (κ2) is 6.07. The monoisotopic (exact) mass is 276 g/mol. The Morgan fingerprint density at radius 1 is 1.16 bits per heavy atom. The third kappa shape index (κ3) is 5.35. The maximum Gasteiger partial charge on any atom is 0.401 e. The van der Waals surface area contributed by atoms with Crippen molar-refractivity contribution < 1.29 is 13.2 Å². The van der Waals surface area contributed by atoms with Gasteiger partial charge in [0.15, 0.2) is 0 Å². The maximum absolute atomic E-state index is 12.2. The Morgan fingerprint density at radius 3 is 2.21 bits per heavy atom. The van der Waals surface area contributed by atoms with Crippen molar-refractivity contribution >= 4 is 0 Å². The largest absolute Gasteiger partial charge is 0.401 e. The standard InChI is InChI=1S/C12H19F3N4/c13-12(14,15)9-19-5-3-18(4-6-19)8-11(7-16)17-10-1-2-10/h10-11,17H,1-6,8-9H2. The second-order valence-corrected chi connectivity index (χ2v) is 5.31. The minimum Gasteiger partial charge on any atom is -0.298 e. The first-order valence-electron chi connectivity index (χ1n) is 6.63. The summed E-state index contributed by atoms with van der Waals surface area (Å²) in [7, 11) is 0.